The fourth-order valence-corrected chi connectivity index (χ4v) is 2.52. The molecule has 0 saturated carbocycles. The van der Waals surface area contributed by atoms with Crippen LogP contribution in [0.1, 0.15) is 30.0 Å². The highest BCUT2D eigenvalue weighted by atomic mass is 16.5. The van der Waals surface area contributed by atoms with Gasteiger partial charge in [0.1, 0.15) is 5.57 Å². The molecule has 0 fully saturated rings. The third-order valence-corrected chi connectivity index (χ3v) is 3.62. The molecule has 5 heteroatoms. The maximum Gasteiger partial charge on any atom is 0.344 e. The number of benzene rings is 1. The average molecular weight is 301 g/mol. The fourth-order valence-electron chi connectivity index (χ4n) is 2.52. The van der Waals surface area contributed by atoms with Gasteiger partial charge in [-0.2, -0.15) is 0 Å². The molecule has 5 nitrogen and oxygen atoms in total. The molecule has 0 N–H and O–H groups in total. The quantitative estimate of drug-likeness (QED) is 0.275. The van der Waals surface area contributed by atoms with E-state index >= 15 is 0 Å². The van der Waals surface area contributed by atoms with Crippen molar-refractivity contribution in [3.8, 4) is 0 Å². The van der Waals surface area contributed by atoms with Crippen molar-refractivity contribution in [2.45, 2.75) is 25.3 Å². The van der Waals surface area contributed by atoms with Crippen molar-refractivity contribution in [2.24, 2.45) is 4.99 Å². The summed E-state index contributed by atoms with van der Waals surface area (Å²) in [7, 11) is 2.45. The van der Waals surface area contributed by atoms with Gasteiger partial charge < -0.3 is 9.47 Å². The molecular formula is C17H19NO4. The lowest BCUT2D eigenvalue weighted by Crippen LogP contribution is -2.15. The van der Waals surface area contributed by atoms with Crippen molar-refractivity contribution < 1.29 is 19.1 Å². The third-order valence-electron chi connectivity index (χ3n) is 3.62. The lowest BCUT2D eigenvalue weighted by Gasteiger charge is -2.05. The molecule has 0 saturated heterocycles. The molecule has 1 aliphatic rings. The van der Waals surface area contributed by atoms with Crippen molar-refractivity contribution in [3.05, 3.63) is 47.0 Å². The number of hydrogen-bond acceptors (Lipinski definition) is 5. The van der Waals surface area contributed by atoms with Crippen LogP contribution < -0.4 is 0 Å². The number of carbonyl (C=O) groups excluding carboxylic acids is 2. The monoisotopic (exact) mass is 301 g/mol. The minimum absolute atomic E-state index is 0.108. The number of rotatable bonds is 5. The van der Waals surface area contributed by atoms with Crippen LogP contribution in [0.5, 0.6) is 0 Å². The van der Waals surface area contributed by atoms with E-state index in [1.54, 1.807) is 6.21 Å². The normalized spacial score (nSPS) is 16.2. The summed E-state index contributed by atoms with van der Waals surface area (Å²) in [5, 5.41) is 0. The Labute approximate surface area is 129 Å². The van der Waals surface area contributed by atoms with Gasteiger partial charge in [-0.05, 0) is 24.0 Å². The minimum Gasteiger partial charge on any atom is -0.465 e. The Bertz CT molecular complexity index is 601. The molecule has 0 radical (unpaired) electrons. The van der Waals surface area contributed by atoms with Crippen molar-refractivity contribution >= 4 is 18.2 Å². The molecule has 0 heterocycles. The van der Waals surface area contributed by atoms with Gasteiger partial charge in [-0.15, -0.1) is 0 Å². The summed E-state index contributed by atoms with van der Waals surface area (Å²) >= 11 is 0. The molecule has 1 aliphatic carbocycles. The van der Waals surface area contributed by atoms with E-state index in [2.05, 4.69) is 26.6 Å². The largest absolute Gasteiger partial charge is 0.465 e. The second kappa shape index (κ2) is 7.54. The van der Waals surface area contributed by atoms with Crippen LogP contribution >= 0.6 is 0 Å². The van der Waals surface area contributed by atoms with Gasteiger partial charge in [0.15, 0.2) is 0 Å². The van der Waals surface area contributed by atoms with Gasteiger partial charge in [0.2, 0.25) is 0 Å². The summed E-state index contributed by atoms with van der Waals surface area (Å²) in [6.45, 7) is 0. The number of ether oxygens (including phenoxy) is 2. The van der Waals surface area contributed by atoms with Crippen molar-refractivity contribution in [2.75, 3.05) is 14.2 Å². The van der Waals surface area contributed by atoms with Crippen LogP contribution in [0.3, 0.4) is 0 Å². The van der Waals surface area contributed by atoms with E-state index < -0.39 is 11.9 Å². The number of allylic oxidation sites excluding steroid dienone is 1. The van der Waals surface area contributed by atoms with E-state index in [4.69, 9.17) is 0 Å². The Morgan fingerprint density at radius 3 is 2.59 bits per heavy atom. The molecule has 0 aromatic heterocycles. The fraction of sp³-hybridized carbons (Fsp3) is 0.353. The van der Waals surface area contributed by atoms with Gasteiger partial charge in [-0.1, -0.05) is 30.3 Å². The van der Waals surface area contributed by atoms with E-state index in [1.165, 1.54) is 31.4 Å². The number of fused-ring (bicyclic) bond motifs is 1. The van der Waals surface area contributed by atoms with Crippen molar-refractivity contribution in [1.82, 2.24) is 0 Å². The Morgan fingerprint density at radius 2 is 1.91 bits per heavy atom. The number of aryl methyl sites for hydroxylation is 1. The SMILES string of the molecule is COC(=O)C(=CCC=N[C@@H]1CCc2ccccc21)C(=O)OC. The minimum atomic E-state index is -0.702. The summed E-state index contributed by atoms with van der Waals surface area (Å²) in [4.78, 5) is 27.5. The standard InChI is InChI=1S/C17H19NO4/c1-21-16(19)14(17(20)22-2)8-5-11-18-15-10-9-12-6-3-4-7-13(12)15/h3-4,6-8,11,15H,5,9-10H2,1-2H3/t15-/m1/s1. The summed E-state index contributed by atoms with van der Waals surface area (Å²) in [6, 6.07) is 8.42. The second-order valence-corrected chi connectivity index (χ2v) is 4.92. The van der Waals surface area contributed by atoms with Crippen LogP contribution in [0, 0.1) is 0 Å². The average Bonchev–Trinajstić information content (AvgIpc) is 2.97. The van der Waals surface area contributed by atoms with Crippen LogP contribution in [-0.2, 0) is 25.5 Å². The number of methoxy groups -OCH3 is 2. The van der Waals surface area contributed by atoms with E-state index in [1.807, 2.05) is 12.1 Å². The van der Waals surface area contributed by atoms with Crippen molar-refractivity contribution in [1.29, 1.82) is 0 Å². The first-order valence-corrected chi connectivity index (χ1v) is 7.13. The number of esters is 2. The summed E-state index contributed by atoms with van der Waals surface area (Å²) in [6.07, 6.45) is 5.59. The topological polar surface area (TPSA) is 65.0 Å². The molecule has 116 valence electrons. The number of carbonyl (C=O) groups is 2. The molecular weight excluding hydrogens is 282 g/mol. The first-order valence-electron chi connectivity index (χ1n) is 7.13. The lowest BCUT2D eigenvalue weighted by molar-refractivity contribution is -0.144. The highest BCUT2D eigenvalue weighted by molar-refractivity contribution is 6.14. The van der Waals surface area contributed by atoms with Gasteiger partial charge in [0.05, 0.1) is 20.3 Å². The molecule has 1 aromatic carbocycles. The Hall–Kier alpha value is -2.43. The second-order valence-electron chi connectivity index (χ2n) is 4.92. The molecule has 0 aliphatic heterocycles. The van der Waals surface area contributed by atoms with Crippen LogP contribution in [0.4, 0.5) is 0 Å². The Balaban J connectivity index is 2.01. The number of nitrogens with zero attached hydrogens (tertiary/aromatic N) is 1. The zero-order chi connectivity index (χ0) is 15.9. The maximum atomic E-state index is 11.5. The highest BCUT2D eigenvalue weighted by Crippen LogP contribution is 2.33. The van der Waals surface area contributed by atoms with Crippen LogP contribution in [0.25, 0.3) is 0 Å². The van der Waals surface area contributed by atoms with Crippen LogP contribution in [0.2, 0.25) is 0 Å². The van der Waals surface area contributed by atoms with E-state index in [9.17, 15) is 9.59 Å². The van der Waals surface area contributed by atoms with Gasteiger partial charge in [0, 0.05) is 12.6 Å². The van der Waals surface area contributed by atoms with Gasteiger partial charge in [-0.25, -0.2) is 9.59 Å². The summed E-state index contributed by atoms with van der Waals surface area (Å²) < 4.78 is 9.12. The summed E-state index contributed by atoms with van der Waals surface area (Å²) in [5.74, 6) is -1.40. The molecule has 22 heavy (non-hydrogen) atoms. The van der Waals surface area contributed by atoms with E-state index in [0.717, 1.165) is 12.8 Å². The third kappa shape index (κ3) is 3.61. The smallest absolute Gasteiger partial charge is 0.344 e. The predicted molar refractivity (Wildman–Crippen MR) is 82.7 cm³/mol. The molecule has 1 aromatic rings. The number of aliphatic imine (C=N–C) groups is 1. The molecule has 0 spiro atoms. The van der Waals surface area contributed by atoms with E-state index in [-0.39, 0.29) is 11.6 Å². The number of hydrogen-bond donors (Lipinski definition) is 0. The molecule has 2 rings (SSSR count). The zero-order valence-corrected chi connectivity index (χ0v) is 12.7. The van der Waals surface area contributed by atoms with Gasteiger partial charge in [0.25, 0.3) is 0 Å². The molecule has 0 amide bonds. The van der Waals surface area contributed by atoms with Crippen LogP contribution in [-0.4, -0.2) is 32.4 Å². The lowest BCUT2D eigenvalue weighted by atomic mass is 10.1. The predicted octanol–water partition coefficient (Wildman–Crippen LogP) is 2.41. The Kier molecular flexibility index (Phi) is 5.47. The highest BCUT2D eigenvalue weighted by Gasteiger charge is 2.21. The molecule has 0 bridgehead atoms. The zero-order valence-electron chi connectivity index (χ0n) is 12.7. The van der Waals surface area contributed by atoms with Crippen LogP contribution in [0.15, 0.2) is 40.9 Å². The van der Waals surface area contributed by atoms with E-state index in [0.29, 0.717) is 6.42 Å². The summed E-state index contributed by atoms with van der Waals surface area (Å²) in [5.41, 5.74) is 2.48. The van der Waals surface area contributed by atoms with Gasteiger partial charge in [-0.3, -0.25) is 4.99 Å². The van der Waals surface area contributed by atoms with Crippen molar-refractivity contribution in [3.63, 3.8) is 0 Å². The first kappa shape index (κ1) is 15.9. The Morgan fingerprint density at radius 1 is 1.23 bits per heavy atom. The molecule has 0 unspecified atom stereocenters. The molecule has 1 atom stereocenters. The first-order chi connectivity index (χ1) is 10.7. The van der Waals surface area contributed by atoms with Gasteiger partial charge >= 0.3 is 11.9 Å². The maximum absolute atomic E-state index is 11.5.